The molecular weight excluding hydrogens is 577 g/mol. The lowest BCUT2D eigenvalue weighted by molar-refractivity contribution is -0.137. The summed E-state index contributed by atoms with van der Waals surface area (Å²) in [6, 6.07) is -0.171. The summed E-state index contributed by atoms with van der Waals surface area (Å²) >= 11 is 0. The summed E-state index contributed by atoms with van der Waals surface area (Å²) in [6.07, 6.45) is -3.63. The number of pyridine rings is 1. The quantitative estimate of drug-likeness (QED) is 0.236. The number of aliphatic hydroxyl groups is 1. The van der Waals surface area contributed by atoms with Gasteiger partial charge in [0, 0.05) is 24.2 Å². The Bertz CT molecular complexity index is 1530. The maximum Gasteiger partial charge on any atom is 0.417 e. The SMILES string of the molecule is C/C=C1/CNc2nc(OCC(F)(F)CO)nc3c(F)c(-c4cc(N)c(F)c(C)c4C(F)(F)F)nc(c23)O[C@@H](C)CCN1. The van der Waals surface area contributed by atoms with Gasteiger partial charge in [0.05, 0.1) is 23.9 Å². The average Bonchev–Trinajstić information content (AvgIpc) is 2.95. The molecule has 0 spiro atoms. The van der Waals surface area contributed by atoms with Gasteiger partial charge in [0.2, 0.25) is 5.88 Å². The fraction of sp³-hybridized carbons (Fsp3) is 0.423. The van der Waals surface area contributed by atoms with Gasteiger partial charge in [-0.1, -0.05) is 6.08 Å². The summed E-state index contributed by atoms with van der Waals surface area (Å²) in [7, 11) is 0. The van der Waals surface area contributed by atoms with Crippen molar-refractivity contribution in [3.05, 3.63) is 40.6 Å². The summed E-state index contributed by atoms with van der Waals surface area (Å²) in [5, 5.41) is 14.7. The molecular formula is C26H27F7N6O3. The zero-order valence-electron chi connectivity index (χ0n) is 22.6. The van der Waals surface area contributed by atoms with Gasteiger partial charge in [-0.05, 0) is 32.4 Å². The van der Waals surface area contributed by atoms with E-state index in [0.717, 1.165) is 6.92 Å². The van der Waals surface area contributed by atoms with E-state index in [-0.39, 0.29) is 23.6 Å². The molecule has 5 N–H and O–H groups in total. The molecule has 16 heteroatoms. The zero-order chi connectivity index (χ0) is 31.0. The van der Waals surface area contributed by atoms with E-state index in [1.54, 1.807) is 19.9 Å². The molecule has 3 aromatic rings. The molecule has 2 aromatic heterocycles. The van der Waals surface area contributed by atoms with Crippen LogP contribution in [-0.4, -0.2) is 58.4 Å². The van der Waals surface area contributed by atoms with Crippen molar-refractivity contribution in [3.63, 3.8) is 0 Å². The summed E-state index contributed by atoms with van der Waals surface area (Å²) < 4.78 is 112. The van der Waals surface area contributed by atoms with Gasteiger partial charge in [-0.2, -0.15) is 23.1 Å². The smallest absolute Gasteiger partial charge is 0.417 e. The predicted molar refractivity (Wildman–Crippen MR) is 139 cm³/mol. The number of alkyl halides is 5. The van der Waals surface area contributed by atoms with Crippen LogP contribution < -0.4 is 25.8 Å². The number of rotatable bonds is 5. The average molecular weight is 605 g/mol. The topological polar surface area (TPSA) is 127 Å². The molecule has 1 aliphatic heterocycles. The van der Waals surface area contributed by atoms with E-state index in [9.17, 15) is 26.3 Å². The van der Waals surface area contributed by atoms with Crippen molar-refractivity contribution in [2.75, 3.05) is 37.4 Å². The number of allylic oxidation sites excluding steroid dienone is 1. The number of nitrogens with one attached hydrogen (secondary N) is 2. The second-order valence-corrected chi connectivity index (χ2v) is 9.60. The number of ether oxygens (including phenoxy) is 2. The van der Waals surface area contributed by atoms with Gasteiger partial charge >= 0.3 is 18.1 Å². The van der Waals surface area contributed by atoms with Crippen molar-refractivity contribution in [2.45, 2.75) is 45.4 Å². The Hall–Kier alpha value is -4.08. The number of nitrogens with zero attached hydrogens (tertiary/aromatic N) is 3. The van der Waals surface area contributed by atoms with Gasteiger partial charge in [0.1, 0.15) is 34.8 Å². The first-order chi connectivity index (χ1) is 19.7. The van der Waals surface area contributed by atoms with Crippen LogP contribution in [0.5, 0.6) is 11.9 Å². The molecule has 0 saturated heterocycles. The predicted octanol–water partition coefficient (Wildman–Crippen LogP) is 4.96. The molecule has 0 amide bonds. The normalized spacial score (nSPS) is 17.3. The van der Waals surface area contributed by atoms with E-state index in [1.807, 2.05) is 0 Å². The van der Waals surface area contributed by atoms with Crippen molar-refractivity contribution in [1.82, 2.24) is 20.3 Å². The van der Waals surface area contributed by atoms with Crippen LogP contribution in [0.15, 0.2) is 17.8 Å². The zero-order valence-corrected chi connectivity index (χ0v) is 22.6. The Kier molecular flexibility index (Phi) is 8.57. The monoisotopic (exact) mass is 604 g/mol. The minimum absolute atomic E-state index is 0.0813. The van der Waals surface area contributed by atoms with Crippen LogP contribution in [-0.2, 0) is 6.18 Å². The van der Waals surface area contributed by atoms with Gasteiger partial charge in [-0.15, -0.1) is 0 Å². The molecule has 0 unspecified atom stereocenters. The molecule has 0 saturated carbocycles. The first-order valence-corrected chi connectivity index (χ1v) is 12.6. The van der Waals surface area contributed by atoms with Crippen molar-refractivity contribution < 1.29 is 45.3 Å². The molecule has 42 heavy (non-hydrogen) atoms. The van der Waals surface area contributed by atoms with Gasteiger partial charge in [0.25, 0.3) is 0 Å². The molecule has 0 aliphatic carbocycles. The molecule has 3 heterocycles. The van der Waals surface area contributed by atoms with E-state index >= 15 is 4.39 Å². The second-order valence-electron chi connectivity index (χ2n) is 9.60. The number of benzene rings is 1. The van der Waals surface area contributed by atoms with Crippen molar-refractivity contribution in [1.29, 1.82) is 0 Å². The number of anilines is 2. The Labute approximate surface area is 234 Å². The minimum Gasteiger partial charge on any atom is -0.474 e. The van der Waals surface area contributed by atoms with E-state index in [2.05, 4.69) is 25.6 Å². The van der Waals surface area contributed by atoms with E-state index in [4.69, 9.17) is 20.3 Å². The fourth-order valence-electron chi connectivity index (χ4n) is 4.29. The van der Waals surface area contributed by atoms with Gasteiger partial charge in [0.15, 0.2) is 12.4 Å². The number of aliphatic hydroxyl groups excluding tert-OH is 1. The molecule has 0 radical (unpaired) electrons. The highest BCUT2D eigenvalue weighted by atomic mass is 19.4. The lowest BCUT2D eigenvalue weighted by Gasteiger charge is -2.21. The number of nitrogens with two attached hydrogens (primary N) is 1. The van der Waals surface area contributed by atoms with Gasteiger partial charge in [-0.25, -0.2) is 22.5 Å². The van der Waals surface area contributed by atoms with Crippen molar-refractivity contribution >= 4 is 22.4 Å². The van der Waals surface area contributed by atoms with Gasteiger partial charge in [-0.3, -0.25) is 0 Å². The van der Waals surface area contributed by atoms with Crippen LogP contribution in [0, 0.1) is 18.6 Å². The molecule has 1 aliphatic rings. The van der Waals surface area contributed by atoms with Crippen LogP contribution >= 0.6 is 0 Å². The standard InChI is InChI=1S/C26H27F7N6O3/c1-4-13-8-36-22-16-21(38-24(39-22)41-10-25(29,30)9-40)19(28)20(37-23(16)42-11(2)5-6-35-13)14-7-15(34)18(27)12(3)17(14)26(31,32)33/h4,7,11,35,40H,5-6,8-10,34H2,1-3H3,(H,36,38,39)/b13-4-/t11-/m0/s1. The van der Waals surface area contributed by atoms with Crippen LogP contribution in [0.4, 0.5) is 42.2 Å². The molecule has 4 rings (SSSR count). The highest BCUT2D eigenvalue weighted by molar-refractivity contribution is 5.96. The maximum atomic E-state index is 16.3. The number of halogens is 7. The third kappa shape index (κ3) is 6.22. The Morgan fingerprint density at radius 1 is 1.14 bits per heavy atom. The largest absolute Gasteiger partial charge is 0.474 e. The van der Waals surface area contributed by atoms with E-state index in [1.165, 1.54) is 0 Å². The first kappa shape index (κ1) is 30.9. The number of aromatic nitrogens is 3. The summed E-state index contributed by atoms with van der Waals surface area (Å²) in [6.45, 7) is 1.79. The lowest BCUT2D eigenvalue weighted by Crippen LogP contribution is -2.30. The van der Waals surface area contributed by atoms with Gasteiger partial charge < -0.3 is 30.9 Å². The summed E-state index contributed by atoms with van der Waals surface area (Å²) in [5.74, 6) is -7.03. The number of hydrogen-bond donors (Lipinski definition) is 4. The Morgan fingerprint density at radius 3 is 2.50 bits per heavy atom. The van der Waals surface area contributed by atoms with Crippen LogP contribution in [0.2, 0.25) is 0 Å². The van der Waals surface area contributed by atoms with Crippen molar-refractivity contribution in [3.8, 4) is 23.1 Å². The highest BCUT2D eigenvalue weighted by Crippen LogP contribution is 2.44. The van der Waals surface area contributed by atoms with Crippen LogP contribution in [0.25, 0.3) is 22.2 Å². The molecule has 0 fully saturated rings. The number of nitrogen functional groups attached to an aromatic ring is 1. The molecule has 0 bridgehead atoms. The third-order valence-electron chi connectivity index (χ3n) is 6.45. The Balaban J connectivity index is 2.06. The maximum absolute atomic E-state index is 16.3. The van der Waals surface area contributed by atoms with Crippen molar-refractivity contribution in [2.24, 2.45) is 0 Å². The third-order valence-corrected chi connectivity index (χ3v) is 6.45. The van der Waals surface area contributed by atoms with E-state index in [0.29, 0.717) is 24.7 Å². The number of hydrogen-bond acceptors (Lipinski definition) is 9. The van der Waals surface area contributed by atoms with Crippen LogP contribution in [0.3, 0.4) is 0 Å². The molecule has 1 aromatic carbocycles. The van der Waals surface area contributed by atoms with E-state index < -0.39 is 82.6 Å². The second kappa shape index (κ2) is 11.7. The lowest BCUT2D eigenvalue weighted by atomic mass is 9.96. The van der Waals surface area contributed by atoms with Crippen LogP contribution in [0.1, 0.15) is 31.4 Å². The molecule has 9 nitrogen and oxygen atoms in total. The summed E-state index contributed by atoms with van der Waals surface area (Å²) in [4.78, 5) is 12.0. The first-order valence-electron chi connectivity index (χ1n) is 12.6. The fourth-order valence-corrected chi connectivity index (χ4v) is 4.29. The minimum atomic E-state index is -5.15. The molecule has 228 valence electrons. The Morgan fingerprint density at radius 2 is 1.86 bits per heavy atom. The summed E-state index contributed by atoms with van der Waals surface area (Å²) in [5.41, 5.74) is 0.720. The molecule has 1 atom stereocenters. The highest BCUT2D eigenvalue weighted by Gasteiger charge is 2.39.